The number of likely N-dealkylation sites (tertiary alicyclic amines) is 1. The summed E-state index contributed by atoms with van der Waals surface area (Å²) in [6.45, 7) is 11.5. The molecule has 0 unspecified atom stereocenters. The van der Waals surface area contributed by atoms with Crippen LogP contribution in [0.5, 0.6) is 0 Å². The topological polar surface area (TPSA) is 169 Å². The van der Waals surface area contributed by atoms with Gasteiger partial charge < -0.3 is 35.4 Å². The molecule has 3 aliphatic rings. The first-order chi connectivity index (χ1) is 23.8. The summed E-state index contributed by atoms with van der Waals surface area (Å²) in [7, 11) is 3.97. The van der Waals surface area contributed by atoms with Crippen LogP contribution in [-0.2, 0) is 33.6 Å². The Bertz CT molecular complexity index is 1640. The van der Waals surface area contributed by atoms with Crippen molar-refractivity contribution in [3.63, 3.8) is 0 Å². The van der Waals surface area contributed by atoms with Crippen LogP contribution in [0.3, 0.4) is 0 Å². The summed E-state index contributed by atoms with van der Waals surface area (Å²) in [5, 5.41) is 24.9. The maximum absolute atomic E-state index is 13.7. The standard InChI is InChI=1S/C34H46N6O4.C4H7FO2/c1-34(2,3)24-9-10-26-23(16-24)17-28-29(36-26)18-30(37-28)33(44)38-27(11-13-39(4)14-12-31(41)42)21-7-6-8-22(15-21)32(43)35-25-19-40(5)20-25;1-4(2,5)3(6)7/h6-8,15,17,24-25,27H,9-14,16,18-20H2,1-5H3,(H,35,43)(H,38,44)(H,41,42);1-2H3,(H,6,7)/t24-,27+;/m0./s1. The highest BCUT2D eigenvalue weighted by atomic mass is 19.1. The molecule has 51 heavy (non-hydrogen) atoms. The summed E-state index contributed by atoms with van der Waals surface area (Å²) >= 11 is 0. The third-order valence-electron chi connectivity index (χ3n) is 9.89. The van der Waals surface area contributed by atoms with Gasteiger partial charge in [0.05, 0.1) is 36.9 Å². The molecule has 0 saturated carbocycles. The van der Waals surface area contributed by atoms with E-state index in [4.69, 9.17) is 15.1 Å². The van der Waals surface area contributed by atoms with Crippen molar-refractivity contribution in [3.8, 4) is 0 Å². The Kier molecular flexibility index (Phi) is 12.7. The van der Waals surface area contributed by atoms with Crippen LogP contribution >= 0.6 is 0 Å². The van der Waals surface area contributed by atoms with Crippen molar-refractivity contribution < 1.29 is 38.7 Å². The number of carboxylic acid groups (broad SMARTS) is 2. The number of amides is 2. The molecule has 0 spiro atoms. The lowest BCUT2D eigenvalue weighted by Crippen LogP contribution is -3.19. The van der Waals surface area contributed by atoms with Gasteiger partial charge in [0.15, 0.2) is 0 Å². The predicted octanol–water partition coefficient (Wildman–Crippen LogP) is 1.63. The summed E-state index contributed by atoms with van der Waals surface area (Å²) in [4.78, 5) is 60.3. The van der Waals surface area contributed by atoms with E-state index >= 15 is 0 Å². The molecule has 2 aromatic rings. The second-order valence-corrected chi connectivity index (χ2v) is 15.8. The largest absolute Gasteiger partial charge is 0.547 e. The predicted molar refractivity (Wildman–Crippen MR) is 190 cm³/mol. The lowest BCUT2D eigenvalue weighted by Gasteiger charge is -2.34. The number of nitrogens with one attached hydrogen (secondary N) is 3. The van der Waals surface area contributed by atoms with Crippen LogP contribution < -0.4 is 20.6 Å². The molecular weight excluding hydrogens is 655 g/mol. The van der Waals surface area contributed by atoms with E-state index in [9.17, 15) is 28.7 Å². The molecule has 1 aliphatic carbocycles. The molecule has 2 aliphatic heterocycles. The number of benzene rings is 1. The first kappa shape index (κ1) is 39.6. The van der Waals surface area contributed by atoms with Gasteiger partial charge in [0, 0.05) is 30.8 Å². The van der Waals surface area contributed by atoms with Crippen molar-refractivity contribution in [1.82, 2.24) is 20.5 Å². The van der Waals surface area contributed by atoms with Crippen LogP contribution in [-0.4, -0.2) is 96.4 Å². The molecule has 12 nitrogen and oxygen atoms in total. The molecule has 5 rings (SSSR count). The molecule has 1 aromatic heterocycles. The molecule has 4 N–H and O–H groups in total. The molecule has 1 aromatic carbocycles. The minimum atomic E-state index is -2.19. The highest BCUT2D eigenvalue weighted by molar-refractivity contribution is 6.40. The molecule has 2 amide bonds. The number of carbonyl (C=O) groups is 4. The van der Waals surface area contributed by atoms with Gasteiger partial charge in [0.2, 0.25) is 0 Å². The van der Waals surface area contributed by atoms with Crippen molar-refractivity contribution in [2.45, 2.75) is 90.9 Å². The maximum atomic E-state index is 13.7. The monoisotopic (exact) mass is 708 g/mol. The number of carboxylic acids is 2. The number of aryl methyl sites for hydroxylation is 1. The smallest absolute Gasteiger partial charge is 0.304 e. The number of aliphatic imine (C=N–C) groups is 1. The van der Waals surface area contributed by atoms with E-state index in [2.05, 4.69) is 44.5 Å². The van der Waals surface area contributed by atoms with Gasteiger partial charge in [-0.15, -0.1) is 0 Å². The Morgan fingerprint density at radius 2 is 1.76 bits per heavy atom. The number of fused-ring (bicyclic) bond motifs is 2. The van der Waals surface area contributed by atoms with E-state index in [0.717, 1.165) is 68.8 Å². The number of rotatable bonds is 12. The van der Waals surface area contributed by atoms with Crippen LogP contribution in [0, 0.1) is 11.3 Å². The van der Waals surface area contributed by atoms with Gasteiger partial charge in [-0.3, -0.25) is 19.4 Å². The molecule has 0 radical (unpaired) electrons. The third-order valence-corrected chi connectivity index (χ3v) is 9.89. The van der Waals surface area contributed by atoms with Crippen LogP contribution in [0.4, 0.5) is 10.1 Å². The lowest BCUT2D eigenvalue weighted by atomic mass is 9.71. The average Bonchev–Trinajstić information content (AvgIpc) is 3.46. The van der Waals surface area contributed by atoms with E-state index < -0.39 is 17.6 Å². The summed E-state index contributed by atoms with van der Waals surface area (Å²) in [5.74, 6) is -2.30. The van der Waals surface area contributed by atoms with Gasteiger partial charge >= 0.3 is 5.97 Å². The molecule has 0 bridgehead atoms. The number of halogens is 1. The second kappa shape index (κ2) is 16.4. The minimum absolute atomic E-state index is 0.0454. The fraction of sp³-hybridized carbons (Fsp3) is 0.579. The van der Waals surface area contributed by atoms with Gasteiger partial charge in [-0.1, -0.05) is 32.9 Å². The number of hydrogen-bond donors (Lipinski definition) is 4. The van der Waals surface area contributed by atoms with Crippen LogP contribution in [0.15, 0.2) is 35.3 Å². The SMILES string of the molecule is CC(C)(F)C(=O)[O-].CN(CCC(=O)O)CC[C@@H](NC(=O)C1=Nc2cc3c(nc2C1)CC[C@H](C(C)(C)C)C3)c1cccc(C(=O)NC2C[NH+](C)C2)c1. The van der Waals surface area contributed by atoms with E-state index in [0.29, 0.717) is 43.1 Å². The Balaban J connectivity index is 0.000000755. The Morgan fingerprint density at radius 3 is 2.37 bits per heavy atom. The van der Waals surface area contributed by atoms with Crippen LogP contribution in [0.2, 0.25) is 0 Å². The van der Waals surface area contributed by atoms with Gasteiger partial charge in [-0.25, -0.2) is 9.38 Å². The molecule has 13 heteroatoms. The van der Waals surface area contributed by atoms with Crippen molar-refractivity contribution in [1.29, 1.82) is 0 Å². The van der Waals surface area contributed by atoms with Crippen LogP contribution in [0.25, 0.3) is 0 Å². The molecule has 278 valence electrons. The number of carbonyl (C=O) groups excluding carboxylic acids is 3. The normalized spacial score (nSPS) is 20.1. The Hall–Kier alpha value is -4.23. The van der Waals surface area contributed by atoms with Crippen LogP contribution in [0.1, 0.15) is 92.8 Å². The summed E-state index contributed by atoms with van der Waals surface area (Å²) in [6.07, 6.45) is 4.04. The Morgan fingerprint density at radius 1 is 1.08 bits per heavy atom. The number of hydrogen-bond acceptors (Lipinski definition) is 8. The first-order valence-electron chi connectivity index (χ1n) is 17.7. The molecule has 2 atom stereocenters. The van der Waals surface area contributed by atoms with Gasteiger partial charge in [0.25, 0.3) is 11.8 Å². The number of aromatic nitrogens is 1. The summed E-state index contributed by atoms with van der Waals surface area (Å²) in [5.41, 5.74) is 3.88. The summed E-state index contributed by atoms with van der Waals surface area (Å²) in [6, 6.07) is 9.33. The van der Waals surface area contributed by atoms with Crippen molar-refractivity contribution >= 4 is 35.2 Å². The number of likely N-dealkylation sites (N-methyl/N-ethyl adjacent to an activating group) is 1. The fourth-order valence-electron chi connectivity index (χ4n) is 6.50. The van der Waals surface area contributed by atoms with Gasteiger partial charge in [-0.2, -0.15) is 0 Å². The fourth-order valence-corrected chi connectivity index (χ4v) is 6.50. The number of alkyl halides is 1. The number of aliphatic carboxylic acids is 2. The highest BCUT2D eigenvalue weighted by Crippen LogP contribution is 2.39. The quantitative estimate of drug-likeness (QED) is 0.258. The summed E-state index contributed by atoms with van der Waals surface area (Å²) < 4.78 is 11.8. The maximum Gasteiger partial charge on any atom is 0.304 e. The van der Waals surface area contributed by atoms with Gasteiger partial charge in [-0.05, 0) is 87.2 Å². The lowest BCUT2D eigenvalue weighted by molar-refractivity contribution is -0.922. The highest BCUT2D eigenvalue weighted by Gasteiger charge is 2.33. The second-order valence-electron chi connectivity index (χ2n) is 15.8. The first-order valence-corrected chi connectivity index (χ1v) is 17.7. The molecule has 1 saturated heterocycles. The zero-order valence-electron chi connectivity index (χ0n) is 30.9. The van der Waals surface area contributed by atoms with Crippen molar-refractivity contribution in [2.75, 3.05) is 40.3 Å². The average molecular weight is 709 g/mol. The van der Waals surface area contributed by atoms with Crippen molar-refractivity contribution in [3.05, 3.63) is 58.4 Å². The molecular formula is C38H53FN6O6. The molecule has 3 heterocycles. The minimum Gasteiger partial charge on any atom is -0.547 e. The zero-order valence-corrected chi connectivity index (χ0v) is 30.9. The molecule has 1 fully saturated rings. The third kappa shape index (κ3) is 11.1. The van der Waals surface area contributed by atoms with E-state index in [1.54, 1.807) is 6.07 Å². The number of pyridine rings is 1. The van der Waals surface area contributed by atoms with E-state index in [1.165, 1.54) is 10.5 Å². The number of quaternary nitrogens is 1. The van der Waals surface area contributed by atoms with E-state index in [1.807, 2.05) is 30.1 Å². The van der Waals surface area contributed by atoms with E-state index in [-0.39, 0.29) is 35.7 Å². The zero-order chi connectivity index (χ0) is 37.7. The number of nitrogens with zero attached hydrogens (tertiary/aromatic N) is 3. The van der Waals surface area contributed by atoms with Crippen molar-refractivity contribution in [2.24, 2.45) is 16.3 Å². The van der Waals surface area contributed by atoms with Gasteiger partial charge in [0.1, 0.15) is 30.5 Å². The Labute approximate surface area is 299 Å².